The Morgan fingerprint density at radius 3 is 2.62 bits per heavy atom. The van der Waals surface area contributed by atoms with Crippen LogP contribution in [0.4, 0.5) is 0 Å². The largest absolute Gasteiger partial charge is 0.481 e. The number of carbonyl (C=O) groups is 1. The van der Waals surface area contributed by atoms with Gasteiger partial charge in [0.2, 0.25) is 0 Å². The first-order valence-corrected chi connectivity index (χ1v) is 8.28. The lowest BCUT2D eigenvalue weighted by molar-refractivity contribution is -0.137. The zero-order valence-corrected chi connectivity index (χ0v) is 14.4. The van der Waals surface area contributed by atoms with E-state index in [4.69, 9.17) is 5.11 Å². The van der Waals surface area contributed by atoms with Gasteiger partial charge in [-0.1, -0.05) is 12.1 Å². The summed E-state index contributed by atoms with van der Waals surface area (Å²) in [6.45, 7) is 2.87. The second-order valence-corrected chi connectivity index (χ2v) is 6.24. The molecule has 24 heavy (non-hydrogen) atoms. The summed E-state index contributed by atoms with van der Waals surface area (Å²) in [7, 11) is 0. The molecule has 0 spiro atoms. The molecule has 132 valence electrons. The molecule has 2 heterocycles. The summed E-state index contributed by atoms with van der Waals surface area (Å²) in [5, 5.41) is 8.65. The lowest BCUT2D eigenvalue weighted by atomic mass is 10.0. The first-order chi connectivity index (χ1) is 11.1. The van der Waals surface area contributed by atoms with Crippen molar-refractivity contribution in [1.82, 2.24) is 14.5 Å². The number of nitrogens with one attached hydrogen (secondary N) is 1. The van der Waals surface area contributed by atoms with Crippen molar-refractivity contribution in [1.29, 1.82) is 0 Å². The molecule has 1 fully saturated rings. The standard InChI is InChI=1S/C17H23N3O3.ClH/c21-16(22)7-3-4-10-19-11-8-13(9-12-19)20-15-6-2-1-5-14(15)18-17(20)23;/h1-2,5-6,13H,3-4,7-12H2,(H,18,23)(H,21,22);1H. The van der Waals surface area contributed by atoms with Crippen molar-refractivity contribution in [3.05, 3.63) is 34.7 Å². The molecule has 1 aliphatic rings. The van der Waals surface area contributed by atoms with E-state index in [0.29, 0.717) is 0 Å². The maximum absolute atomic E-state index is 12.2. The average Bonchev–Trinajstić information content (AvgIpc) is 2.88. The number of benzene rings is 1. The molecule has 6 nitrogen and oxygen atoms in total. The Morgan fingerprint density at radius 2 is 1.92 bits per heavy atom. The summed E-state index contributed by atoms with van der Waals surface area (Å²) < 4.78 is 1.90. The molecule has 1 aliphatic heterocycles. The Morgan fingerprint density at radius 1 is 1.21 bits per heavy atom. The van der Waals surface area contributed by atoms with Crippen LogP contribution >= 0.6 is 12.4 Å². The van der Waals surface area contributed by atoms with E-state index in [-0.39, 0.29) is 30.6 Å². The minimum atomic E-state index is -0.720. The molecule has 0 unspecified atom stereocenters. The van der Waals surface area contributed by atoms with Crippen molar-refractivity contribution in [3.63, 3.8) is 0 Å². The van der Waals surface area contributed by atoms with Gasteiger partial charge in [0.1, 0.15) is 0 Å². The van der Waals surface area contributed by atoms with Gasteiger partial charge < -0.3 is 15.0 Å². The number of aliphatic carboxylic acids is 1. The minimum Gasteiger partial charge on any atom is -0.481 e. The number of fused-ring (bicyclic) bond motifs is 1. The average molecular weight is 354 g/mol. The van der Waals surface area contributed by atoms with Crippen LogP contribution in [-0.4, -0.2) is 45.2 Å². The third kappa shape index (κ3) is 4.19. The van der Waals surface area contributed by atoms with Crippen LogP contribution in [0, 0.1) is 0 Å². The number of imidazole rings is 1. The van der Waals surface area contributed by atoms with E-state index in [2.05, 4.69) is 9.88 Å². The number of para-hydroxylation sites is 2. The van der Waals surface area contributed by atoms with E-state index in [0.717, 1.165) is 56.4 Å². The highest BCUT2D eigenvalue weighted by Gasteiger charge is 2.23. The first kappa shape index (κ1) is 18.5. The number of hydrogen-bond donors (Lipinski definition) is 2. The van der Waals surface area contributed by atoms with Crippen molar-refractivity contribution < 1.29 is 9.90 Å². The van der Waals surface area contributed by atoms with E-state index in [9.17, 15) is 9.59 Å². The fourth-order valence-electron chi connectivity index (χ4n) is 3.45. The number of aromatic nitrogens is 2. The monoisotopic (exact) mass is 353 g/mol. The number of hydrogen-bond acceptors (Lipinski definition) is 3. The van der Waals surface area contributed by atoms with Crippen molar-refractivity contribution in [2.24, 2.45) is 0 Å². The molecule has 0 amide bonds. The molecule has 0 aliphatic carbocycles. The molecule has 1 aromatic heterocycles. The summed E-state index contributed by atoms with van der Waals surface area (Å²) in [6.07, 6.45) is 3.82. The molecule has 1 saturated heterocycles. The number of rotatable bonds is 6. The Hall–Kier alpha value is -1.79. The van der Waals surface area contributed by atoms with Crippen molar-refractivity contribution in [3.8, 4) is 0 Å². The highest BCUT2D eigenvalue weighted by Crippen LogP contribution is 2.24. The SMILES string of the molecule is Cl.O=C(O)CCCCN1CCC(n2c(=O)[nH]c3ccccc32)CC1. The second kappa shape index (κ2) is 8.35. The number of nitrogens with zero attached hydrogens (tertiary/aromatic N) is 2. The van der Waals surface area contributed by atoms with Gasteiger partial charge in [-0.25, -0.2) is 4.79 Å². The summed E-state index contributed by atoms with van der Waals surface area (Å²) in [5.74, 6) is -0.720. The number of aromatic amines is 1. The molecule has 2 N–H and O–H groups in total. The Bertz CT molecular complexity index is 732. The predicted molar refractivity (Wildman–Crippen MR) is 96.0 cm³/mol. The molecule has 0 saturated carbocycles. The highest BCUT2D eigenvalue weighted by molar-refractivity contribution is 5.85. The number of carboxylic acids is 1. The zero-order chi connectivity index (χ0) is 16.2. The predicted octanol–water partition coefficient (Wildman–Crippen LogP) is 2.64. The van der Waals surface area contributed by atoms with Crippen LogP contribution in [0.25, 0.3) is 11.0 Å². The van der Waals surface area contributed by atoms with E-state index in [1.807, 2.05) is 28.8 Å². The van der Waals surface area contributed by atoms with E-state index in [1.54, 1.807) is 0 Å². The summed E-state index contributed by atoms with van der Waals surface area (Å²) in [6, 6.07) is 8.07. The smallest absolute Gasteiger partial charge is 0.326 e. The van der Waals surface area contributed by atoms with Crippen molar-refractivity contribution >= 4 is 29.4 Å². The van der Waals surface area contributed by atoms with Gasteiger partial charge in [0.05, 0.1) is 11.0 Å². The van der Waals surface area contributed by atoms with Crippen LogP contribution in [0.5, 0.6) is 0 Å². The maximum atomic E-state index is 12.2. The Balaban J connectivity index is 0.00000208. The third-order valence-corrected chi connectivity index (χ3v) is 4.66. The minimum absolute atomic E-state index is 0. The molecule has 0 bridgehead atoms. The number of H-pyrrole nitrogens is 1. The molecule has 3 rings (SSSR count). The number of likely N-dealkylation sites (tertiary alicyclic amines) is 1. The summed E-state index contributed by atoms with van der Waals surface area (Å²) >= 11 is 0. The lowest BCUT2D eigenvalue weighted by Gasteiger charge is -2.32. The number of halogens is 1. The number of unbranched alkanes of at least 4 members (excludes halogenated alkanes) is 1. The number of piperidine rings is 1. The summed E-state index contributed by atoms with van der Waals surface area (Å²) in [5.41, 5.74) is 1.86. The van der Waals surface area contributed by atoms with Crippen LogP contribution in [0.2, 0.25) is 0 Å². The Kier molecular flexibility index (Phi) is 6.45. The molecule has 1 aromatic carbocycles. The van der Waals surface area contributed by atoms with Crippen LogP contribution in [0.15, 0.2) is 29.1 Å². The maximum Gasteiger partial charge on any atom is 0.326 e. The van der Waals surface area contributed by atoms with Crippen LogP contribution < -0.4 is 5.69 Å². The van der Waals surface area contributed by atoms with Crippen molar-refractivity contribution in [2.75, 3.05) is 19.6 Å². The van der Waals surface area contributed by atoms with Gasteiger partial charge >= 0.3 is 11.7 Å². The fraction of sp³-hybridized carbons (Fsp3) is 0.529. The van der Waals surface area contributed by atoms with Gasteiger partial charge in [-0.15, -0.1) is 12.4 Å². The van der Waals surface area contributed by atoms with Crippen molar-refractivity contribution in [2.45, 2.75) is 38.1 Å². The molecule has 2 aromatic rings. The first-order valence-electron chi connectivity index (χ1n) is 8.28. The number of carboxylic acid groups (broad SMARTS) is 1. The van der Waals surface area contributed by atoms with E-state index < -0.39 is 5.97 Å². The van der Waals surface area contributed by atoms with Gasteiger partial charge in [-0.2, -0.15) is 0 Å². The van der Waals surface area contributed by atoms with Gasteiger partial charge in [0.25, 0.3) is 0 Å². The van der Waals surface area contributed by atoms with Crippen LogP contribution in [0.1, 0.15) is 38.1 Å². The van der Waals surface area contributed by atoms with Gasteiger partial charge in [0.15, 0.2) is 0 Å². The quantitative estimate of drug-likeness (QED) is 0.782. The fourth-order valence-corrected chi connectivity index (χ4v) is 3.45. The van der Waals surface area contributed by atoms with Crippen LogP contribution in [0.3, 0.4) is 0 Å². The second-order valence-electron chi connectivity index (χ2n) is 6.24. The van der Waals surface area contributed by atoms with Gasteiger partial charge in [0, 0.05) is 25.6 Å². The van der Waals surface area contributed by atoms with E-state index >= 15 is 0 Å². The normalized spacial score (nSPS) is 16.2. The lowest BCUT2D eigenvalue weighted by Crippen LogP contribution is -2.37. The topological polar surface area (TPSA) is 78.3 Å². The molecular formula is C17H24ClN3O3. The Labute approximate surface area is 146 Å². The molecule has 7 heteroatoms. The van der Waals surface area contributed by atoms with Gasteiger partial charge in [-0.3, -0.25) is 9.36 Å². The molecular weight excluding hydrogens is 330 g/mol. The highest BCUT2D eigenvalue weighted by atomic mass is 35.5. The van der Waals surface area contributed by atoms with Gasteiger partial charge in [-0.05, 0) is 44.4 Å². The third-order valence-electron chi connectivity index (χ3n) is 4.66. The summed E-state index contributed by atoms with van der Waals surface area (Å²) in [4.78, 5) is 28.0. The van der Waals surface area contributed by atoms with Crippen LogP contribution in [-0.2, 0) is 4.79 Å². The molecule has 0 atom stereocenters. The zero-order valence-electron chi connectivity index (χ0n) is 13.6. The van der Waals surface area contributed by atoms with E-state index in [1.165, 1.54) is 0 Å². The molecule has 0 radical (unpaired) electrons.